The van der Waals surface area contributed by atoms with Crippen molar-refractivity contribution in [3.8, 4) is 11.5 Å². The molecule has 1 aliphatic heterocycles. The normalized spacial score (nSPS) is 16.9. The summed E-state index contributed by atoms with van der Waals surface area (Å²) in [4.78, 5) is 23.3. The van der Waals surface area contributed by atoms with Crippen molar-refractivity contribution in [2.75, 3.05) is 32.0 Å². The number of thiazole rings is 1. The number of H-pyrrole nitrogens is 1. The Balaban J connectivity index is 1.20. The number of aryl methyl sites for hydroxylation is 1. The number of halogens is 2. The van der Waals surface area contributed by atoms with Crippen LogP contribution < -0.4 is 5.32 Å². The lowest BCUT2D eigenvalue weighted by Crippen LogP contribution is -2.47. The smallest absolute Gasteiger partial charge is 0.230 e. The van der Waals surface area contributed by atoms with Crippen LogP contribution in [0.25, 0.3) is 11.5 Å². The van der Waals surface area contributed by atoms with Crippen LogP contribution in [-0.2, 0) is 16.1 Å². The van der Waals surface area contributed by atoms with Gasteiger partial charge in [0.1, 0.15) is 11.5 Å². The van der Waals surface area contributed by atoms with E-state index in [1.807, 2.05) is 30.5 Å². The SMILES string of the molecule is Cc1nc(-c2csc(SCC(=O)NC[C@H]3CN(Cc4ccc(Cl)c(Cl)c4)CCO3)n2)n[nH]1. The summed E-state index contributed by atoms with van der Waals surface area (Å²) in [7, 11) is 0. The van der Waals surface area contributed by atoms with Gasteiger partial charge in [-0.15, -0.1) is 11.3 Å². The van der Waals surface area contributed by atoms with Crippen LogP contribution in [0.5, 0.6) is 0 Å². The topological polar surface area (TPSA) is 96.0 Å². The molecule has 170 valence electrons. The van der Waals surface area contributed by atoms with Crippen molar-refractivity contribution in [2.24, 2.45) is 0 Å². The van der Waals surface area contributed by atoms with Gasteiger partial charge in [-0.25, -0.2) is 9.97 Å². The van der Waals surface area contributed by atoms with Crippen LogP contribution in [0.1, 0.15) is 11.4 Å². The molecule has 2 N–H and O–H groups in total. The molecule has 1 amide bonds. The van der Waals surface area contributed by atoms with Gasteiger partial charge in [-0.1, -0.05) is 41.0 Å². The van der Waals surface area contributed by atoms with E-state index in [0.29, 0.717) is 40.5 Å². The second kappa shape index (κ2) is 11.0. The lowest BCUT2D eigenvalue weighted by atomic mass is 10.2. The highest BCUT2D eigenvalue weighted by Gasteiger charge is 2.21. The Kier molecular flexibility index (Phi) is 8.03. The van der Waals surface area contributed by atoms with Crippen molar-refractivity contribution in [2.45, 2.75) is 23.9 Å². The Bertz CT molecular complexity index is 1080. The molecular formula is C20H22Cl2N6O2S2. The van der Waals surface area contributed by atoms with Crippen molar-refractivity contribution < 1.29 is 9.53 Å². The number of thioether (sulfide) groups is 1. The number of aromatic amines is 1. The molecule has 0 unspecified atom stereocenters. The third-order valence-electron chi connectivity index (χ3n) is 4.78. The molecule has 12 heteroatoms. The molecule has 0 saturated carbocycles. The van der Waals surface area contributed by atoms with E-state index >= 15 is 0 Å². The second-order valence-electron chi connectivity index (χ2n) is 7.31. The molecule has 2 aromatic heterocycles. The Morgan fingerprint density at radius 1 is 1.38 bits per heavy atom. The molecule has 1 atom stereocenters. The standard InChI is InChI=1S/C20H22Cl2N6O2S2/c1-12-24-19(27-26-12)17-10-31-20(25-17)32-11-18(29)23-7-14-9-28(4-5-30-14)8-13-2-3-15(21)16(22)6-13/h2-3,6,10,14H,4-5,7-9,11H2,1H3,(H,23,29)(H,24,26,27)/t14-/m0/s1. The van der Waals surface area contributed by atoms with E-state index in [1.54, 1.807) is 0 Å². The number of hydrogen-bond acceptors (Lipinski definition) is 8. The zero-order chi connectivity index (χ0) is 22.5. The zero-order valence-electron chi connectivity index (χ0n) is 17.3. The highest BCUT2D eigenvalue weighted by molar-refractivity contribution is 8.01. The number of amides is 1. The van der Waals surface area contributed by atoms with Gasteiger partial charge < -0.3 is 10.1 Å². The van der Waals surface area contributed by atoms with Gasteiger partial charge in [-0.3, -0.25) is 14.8 Å². The van der Waals surface area contributed by atoms with Crippen LogP contribution in [0.3, 0.4) is 0 Å². The van der Waals surface area contributed by atoms with Gasteiger partial charge in [-0.05, 0) is 24.6 Å². The monoisotopic (exact) mass is 512 g/mol. The number of nitrogens with one attached hydrogen (secondary N) is 2. The van der Waals surface area contributed by atoms with Crippen molar-refractivity contribution in [1.82, 2.24) is 30.4 Å². The fourth-order valence-electron chi connectivity index (χ4n) is 3.23. The van der Waals surface area contributed by atoms with Crippen molar-refractivity contribution in [3.63, 3.8) is 0 Å². The molecule has 1 saturated heterocycles. The van der Waals surface area contributed by atoms with Gasteiger partial charge in [0, 0.05) is 31.6 Å². The molecule has 0 aliphatic carbocycles. The van der Waals surface area contributed by atoms with Crippen molar-refractivity contribution in [1.29, 1.82) is 0 Å². The summed E-state index contributed by atoms with van der Waals surface area (Å²) in [6, 6.07) is 5.68. The molecule has 0 spiro atoms. The Morgan fingerprint density at radius 3 is 3.03 bits per heavy atom. The van der Waals surface area contributed by atoms with Crippen molar-refractivity contribution >= 4 is 52.2 Å². The molecular weight excluding hydrogens is 491 g/mol. The second-order valence-corrected chi connectivity index (χ2v) is 10.2. The average molecular weight is 513 g/mol. The molecule has 32 heavy (non-hydrogen) atoms. The van der Waals surface area contributed by atoms with E-state index in [4.69, 9.17) is 27.9 Å². The fraction of sp³-hybridized carbons (Fsp3) is 0.400. The quantitative estimate of drug-likeness (QED) is 0.444. The Hall–Kier alpha value is -1.69. The van der Waals surface area contributed by atoms with Crippen LogP contribution in [0.15, 0.2) is 27.9 Å². The van der Waals surface area contributed by atoms with Gasteiger partial charge in [-0.2, -0.15) is 5.10 Å². The number of carbonyl (C=O) groups excluding carboxylic acids is 1. The first-order chi connectivity index (χ1) is 15.5. The van der Waals surface area contributed by atoms with E-state index in [-0.39, 0.29) is 12.0 Å². The number of aromatic nitrogens is 4. The molecule has 3 aromatic rings. The van der Waals surface area contributed by atoms with Gasteiger partial charge in [0.2, 0.25) is 11.7 Å². The summed E-state index contributed by atoms with van der Waals surface area (Å²) in [6.45, 7) is 5.26. The van der Waals surface area contributed by atoms with E-state index in [0.717, 1.165) is 35.4 Å². The predicted molar refractivity (Wildman–Crippen MR) is 127 cm³/mol. The number of nitrogens with zero attached hydrogens (tertiary/aromatic N) is 4. The van der Waals surface area contributed by atoms with Gasteiger partial charge in [0.25, 0.3) is 0 Å². The van der Waals surface area contributed by atoms with E-state index in [2.05, 4.69) is 30.4 Å². The highest BCUT2D eigenvalue weighted by Crippen LogP contribution is 2.26. The summed E-state index contributed by atoms with van der Waals surface area (Å²) in [5, 5.41) is 12.9. The molecule has 8 nitrogen and oxygen atoms in total. The van der Waals surface area contributed by atoms with Crippen LogP contribution >= 0.6 is 46.3 Å². The third kappa shape index (κ3) is 6.43. The number of hydrogen-bond donors (Lipinski definition) is 2. The van der Waals surface area contributed by atoms with Crippen molar-refractivity contribution in [3.05, 3.63) is 45.0 Å². The largest absolute Gasteiger partial charge is 0.374 e. The van der Waals surface area contributed by atoms with Gasteiger partial charge >= 0.3 is 0 Å². The first-order valence-electron chi connectivity index (χ1n) is 9.98. The molecule has 4 rings (SSSR count). The first-order valence-corrected chi connectivity index (χ1v) is 12.6. The third-order valence-corrected chi connectivity index (χ3v) is 7.54. The summed E-state index contributed by atoms with van der Waals surface area (Å²) < 4.78 is 6.62. The molecule has 1 fully saturated rings. The van der Waals surface area contributed by atoms with Gasteiger partial charge in [0.15, 0.2) is 4.34 Å². The molecule has 1 aromatic carbocycles. The van der Waals surface area contributed by atoms with E-state index in [1.165, 1.54) is 23.1 Å². The van der Waals surface area contributed by atoms with Crippen LogP contribution in [0.4, 0.5) is 0 Å². The maximum atomic E-state index is 12.3. The predicted octanol–water partition coefficient (Wildman–Crippen LogP) is 3.65. The minimum atomic E-state index is -0.0547. The first kappa shape index (κ1) is 23.5. The van der Waals surface area contributed by atoms with Crippen LogP contribution in [0, 0.1) is 6.92 Å². The fourth-order valence-corrected chi connectivity index (χ4v) is 5.19. The average Bonchev–Trinajstić information content (AvgIpc) is 3.42. The Morgan fingerprint density at radius 2 is 2.25 bits per heavy atom. The number of carbonyl (C=O) groups is 1. The lowest BCUT2D eigenvalue weighted by Gasteiger charge is -2.33. The minimum Gasteiger partial charge on any atom is -0.374 e. The van der Waals surface area contributed by atoms with E-state index in [9.17, 15) is 4.79 Å². The highest BCUT2D eigenvalue weighted by atomic mass is 35.5. The summed E-state index contributed by atoms with van der Waals surface area (Å²) in [6.07, 6.45) is -0.0547. The van der Waals surface area contributed by atoms with Crippen LogP contribution in [0.2, 0.25) is 10.0 Å². The van der Waals surface area contributed by atoms with E-state index < -0.39 is 0 Å². The van der Waals surface area contributed by atoms with Crippen LogP contribution in [-0.4, -0.2) is 69.1 Å². The Labute approximate surface area is 204 Å². The minimum absolute atomic E-state index is 0.0503. The maximum absolute atomic E-state index is 12.3. The summed E-state index contributed by atoms with van der Waals surface area (Å²) >= 11 is 15.0. The van der Waals surface area contributed by atoms with Gasteiger partial charge in [0.05, 0.1) is 28.5 Å². The summed E-state index contributed by atoms with van der Waals surface area (Å²) in [5.41, 5.74) is 1.81. The molecule has 0 radical (unpaired) electrons. The number of ether oxygens (including phenoxy) is 1. The lowest BCUT2D eigenvalue weighted by molar-refractivity contribution is -0.119. The molecule has 0 bridgehead atoms. The maximum Gasteiger partial charge on any atom is 0.230 e. The summed E-state index contributed by atoms with van der Waals surface area (Å²) in [5.74, 6) is 1.54. The number of morpholine rings is 1. The molecule has 1 aliphatic rings. The zero-order valence-corrected chi connectivity index (χ0v) is 20.5. The number of rotatable bonds is 8. The molecule has 3 heterocycles. The number of benzene rings is 1.